The number of hydrogen-bond donors (Lipinski definition) is 3. The average Bonchev–Trinajstić information content (AvgIpc) is 3.05. The normalized spacial score (nSPS) is 22.8. The maximum atomic E-state index is 10.4. The number of benzene rings is 2. The Morgan fingerprint density at radius 3 is 2.96 bits per heavy atom. The van der Waals surface area contributed by atoms with Gasteiger partial charge in [-0.05, 0) is 46.9 Å². The summed E-state index contributed by atoms with van der Waals surface area (Å²) in [5.74, 6) is 1.90. The van der Waals surface area contributed by atoms with Crippen molar-refractivity contribution in [2.45, 2.75) is 18.6 Å². The molecule has 0 bridgehead atoms. The van der Waals surface area contributed by atoms with Gasteiger partial charge in [0, 0.05) is 18.2 Å². The number of rotatable bonds is 1. The van der Waals surface area contributed by atoms with Gasteiger partial charge in [-0.1, -0.05) is 0 Å². The van der Waals surface area contributed by atoms with Crippen LogP contribution in [0, 0.1) is 0 Å². The summed E-state index contributed by atoms with van der Waals surface area (Å²) in [6.07, 6.45) is 0.157. The van der Waals surface area contributed by atoms with E-state index >= 15 is 0 Å². The van der Waals surface area contributed by atoms with Crippen molar-refractivity contribution in [3.8, 4) is 34.1 Å². The van der Waals surface area contributed by atoms with Crippen LogP contribution in [0.15, 0.2) is 18.2 Å². The fraction of sp³-hybridized carbons (Fsp3) is 0.333. The zero-order chi connectivity index (χ0) is 16.4. The van der Waals surface area contributed by atoms with Crippen LogP contribution in [0.25, 0.3) is 11.1 Å². The molecule has 6 heteroatoms. The molecule has 2 heterocycles. The van der Waals surface area contributed by atoms with Crippen LogP contribution in [0.1, 0.15) is 28.8 Å². The van der Waals surface area contributed by atoms with Gasteiger partial charge in [0.1, 0.15) is 0 Å². The number of nitrogens with one attached hydrogen (secondary N) is 1. The molecule has 3 aliphatic rings. The molecule has 0 unspecified atom stereocenters. The molecule has 6 nitrogen and oxygen atoms in total. The van der Waals surface area contributed by atoms with E-state index in [9.17, 15) is 10.2 Å². The number of methoxy groups -OCH3 is 1. The zero-order valence-electron chi connectivity index (χ0n) is 13.1. The number of aliphatic hydroxyl groups excluding tert-OH is 1. The van der Waals surface area contributed by atoms with Gasteiger partial charge in [-0.25, -0.2) is 0 Å². The minimum Gasteiger partial charge on any atom is -0.504 e. The van der Waals surface area contributed by atoms with Crippen molar-refractivity contribution in [2.75, 3.05) is 20.4 Å². The van der Waals surface area contributed by atoms with Crippen LogP contribution in [-0.2, 0) is 6.42 Å². The summed E-state index contributed by atoms with van der Waals surface area (Å²) < 4.78 is 16.6. The summed E-state index contributed by atoms with van der Waals surface area (Å²) in [6, 6.07) is 5.55. The average molecular weight is 327 g/mol. The minimum absolute atomic E-state index is 0.0770. The lowest BCUT2D eigenvalue weighted by Crippen LogP contribution is -2.36. The van der Waals surface area contributed by atoms with Crippen molar-refractivity contribution < 1.29 is 24.4 Å². The van der Waals surface area contributed by atoms with Crippen LogP contribution in [0.2, 0.25) is 0 Å². The zero-order valence-corrected chi connectivity index (χ0v) is 13.1. The molecule has 0 saturated carbocycles. The summed E-state index contributed by atoms with van der Waals surface area (Å²) in [6.45, 7) is 0.665. The highest BCUT2D eigenvalue weighted by Gasteiger charge is 2.38. The third-order valence-electron chi connectivity index (χ3n) is 5.10. The monoisotopic (exact) mass is 327 g/mol. The maximum absolute atomic E-state index is 10.4. The van der Waals surface area contributed by atoms with Gasteiger partial charge in [-0.3, -0.25) is 0 Å². The van der Waals surface area contributed by atoms with Gasteiger partial charge in [0.25, 0.3) is 0 Å². The Morgan fingerprint density at radius 2 is 2.12 bits per heavy atom. The highest BCUT2D eigenvalue weighted by Crippen LogP contribution is 2.54. The molecule has 0 fully saturated rings. The van der Waals surface area contributed by atoms with Crippen LogP contribution in [0.4, 0.5) is 0 Å². The van der Waals surface area contributed by atoms with Crippen LogP contribution >= 0.6 is 0 Å². The summed E-state index contributed by atoms with van der Waals surface area (Å²) in [7, 11) is 1.53. The van der Waals surface area contributed by atoms with Gasteiger partial charge >= 0.3 is 0 Å². The van der Waals surface area contributed by atoms with Gasteiger partial charge in [0.05, 0.1) is 13.2 Å². The third-order valence-corrected chi connectivity index (χ3v) is 5.10. The SMILES string of the molecule is COc1cc2c(cc1O)C[C@@H]1NC[C@H](O)c3cc4c(c-2c31)OCO4. The first-order valence-corrected chi connectivity index (χ1v) is 7.95. The predicted octanol–water partition coefficient (Wildman–Crippen LogP) is 2.03. The second-order valence-electron chi connectivity index (χ2n) is 6.35. The summed E-state index contributed by atoms with van der Waals surface area (Å²) in [4.78, 5) is 0. The number of β-amino-alcohol motifs (C(OH)–C–C–N with tert-alkyl or cyclic N) is 1. The molecular formula is C18H17NO5. The lowest BCUT2D eigenvalue weighted by atomic mass is 9.76. The molecular weight excluding hydrogens is 310 g/mol. The van der Waals surface area contributed by atoms with Crippen molar-refractivity contribution in [2.24, 2.45) is 0 Å². The molecule has 5 rings (SSSR count). The molecule has 0 saturated heterocycles. The van der Waals surface area contributed by atoms with Crippen molar-refractivity contribution in [3.05, 3.63) is 34.9 Å². The van der Waals surface area contributed by atoms with E-state index in [-0.39, 0.29) is 18.6 Å². The number of hydrogen-bond acceptors (Lipinski definition) is 6. The van der Waals surface area contributed by atoms with E-state index in [2.05, 4.69) is 5.32 Å². The van der Waals surface area contributed by atoms with Gasteiger partial charge in [-0.2, -0.15) is 0 Å². The van der Waals surface area contributed by atoms with Gasteiger partial charge < -0.3 is 29.7 Å². The van der Waals surface area contributed by atoms with E-state index in [0.717, 1.165) is 34.2 Å². The molecule has 0 amide bonds. The van der Waals surface area contributed by atoms with E-state index < -0.39 is 6.10 Å². The van der Waals surface area contributed by atoms with Crippen molar-refractivity contribution in [1.29, 1.82) is 0 Å². The van der Waals surface area contributed by atoms with E-state index in [4.69, 9.17) is 14.2 Å². The van der Waals surface area contributed by atoms with E-state index in [0.29, 0.717) is 23.8 Å². The summed E-state index contributed by atoms with van der Waals surface area (Å²) in [5.41, 5.74) is 4.84. The summed E-state index contributed by atoms with van der Waals surface area (Å²) in [5, 5.41) is 23.9. The molecule has 2 atom stereocenters. The first-order valence-electron chi connectivity index (χ1n) is 7.95. The number of ether oxygens (including phenoxy) is 3. The Bertz CT molecular complexity index is 863. The molecule has 2 aromatic carbocycles. The third kappa shape index (κ3) is 1.72. The van der Waals surface area contributed by atoms with E-state index in [1.807, 2.05) is 12.1 Å². The Labute approximate surface area is 138 Å². The van der Waals surface area contributed by atoms with Gasteiger partial charge in [0.2, 0.25) is 6.79 Å². The van der Waals surface area contributed by atoms with E-state index in [1.54, 1.807) is 6.07 Å². The first-order chi connectivity index (χ1) is 11.7. The van der Waals surface area contributed by atoms with E-state index in [1.165, 1.54) is 7.11 Å². The molecule has 3 N–H and O–H groups in total. The lowest BCUT2D eigenvalue weighted by molar-refractivity contribution is 0.156. The lowest BCUT2D eigenvalue weighted by Gasteiger charge is -2.36. The Balaban J connectivity index is 1.86. The van der Waals surface area contributed by atoms with Crippen LogP contribution in [0.5, 0.6) is 23.0 Å². The largest absolute Gasteiger partial charge is 0.504 e. The quantitative estimate of drug-likeness (QED) is 0.744. The van der Waals surface area contributed by atoms with Crippen LogP contribution in [0.3, 0.4) is 0 Å². The highest BCUT2D eigenvalue weighted by atomic mass is 16.7. The number of phenols is 1. The Hall–Kier alpha value is -2.44. The standard InChI is InChI=1S/C18H17NO5/c1-22-14-4-9-8(3-12(14)20)2-11-16-10(13(21)6-19-11)5-15-18(17(9)16)24-7-23-15/h3-5,11,13,19-21H,2,6-7H2,1H3/t11-,13-/m0/s1. The molecule has 2 aromatic rings. The molecule has 124 valence electrons. The Kier molecular flexibility index (Phi) is 2.78. The van der Waals surface area contributed by atoms with Gasteiger partial charge in [0.15, 0.2) is 23.0 Å². The maximum Gasteiger partial charge on any atom is 0.231 e. The predicted molar refractivity (Wildman–Crippen MR) is 85.6 cm³/mol. The smallest absolute Gasteiger partial charge is 0.231 e. The number of phenolic OH excluding ortho intramolecular Hbond substituents is 1. The second-order valence-corrected chi connectivity index (χ2v) is 6.35. The molecule has 0 aromatic heterocycles. The number of aromatic hydroxyl groups is 1. The van der Waals surface area contributed by atoms with Crippen molar-refractivity contribution in [3.63, 3.8) is 0 Å². The summed E-state index contributed by atoms with van der Waals surface area (Å²) >= 11 is 0. The highest BCUT2D eigenvalue weighted by molar-refractivity contribution is 5.85. The van der Waals surface area contributed by atoms with Crippen molar-refractivity contribution in [1.82, 2.24) is 5.32 Å². The molecule has 0 spiro atoms. The van der Waals surface area contributed by atoms with Gasteiger partial charge in [-0.15, -0.1) is 0 Å². The fourth-order valence-corrected chi connectivity index (χ4v) is 4.03. The van der Waals surface area contributed by atoms with Crippen molar-refractivity contribution >= 4 is 0 Å². The molecule has 0 radical (unpaired) electrons. The van der Waals surface area contributed by atoms with Crippen LogP contribution < -0.4 is 19.5 Å². The molecule has 24 heavy (non-hydrogen) atoms. The first kappa shape index (κ1) is 13.9. The molecule has 2 aliphatic heterocycles. The fourth-order valence-electron chi connectivity index (χ4n) is 4.03. The second kappa shape index (κ2) is 4.78. The Morgan fingerprint density at radius 1 is 1.25 bits per heavy atom. The molecule has 1 aliphatic carbocycles. The minimum atomic E-state index is -0.579. The topological polar surface area (TPSA) is 80.2 Å². The number of fused-ring (bicyclic) bond motifs is 4. The van der Waals surface area contributed by atoms with Crippen LogP contribution in [-0.4, -0.2) is 30.7 Å². The number of aliphatic hydroxyl groups is 1.